The number of pyridine rings is 1. The molecule has 6 heteroatoms. The highest BCUT2D eigenvalue weighted by molar-refractivity contribution is 5.91. The van der Waals surface area contributed by atoms with Gasteiger partial charge in [-0.1, -0.05) is 48.5 Å². The minimum Gasteiger partial charge on any atom is -0.354 e. The Kier molecular flexibility index (Phi) is 3.94. The zero-order valence-electron chi connectivity index (χ0n) is 15.3. The van der Waals surface area contributed by atoms with Gasteiger partial charge in [-0.2, -0.15) is 5.21 Å². The highest BCUT2D eigenvalue weighted by Crippen LogP contribution is 2.32. The van der Waals surface area contributed by atoms with E-state index in [0.29, 0.717) is 17.9 Å². The number of aromatic amines is 2. The Morgan fingerprint density at radius 2 is 1.82 bits per heavy atom. The highest BCUT2D eigenvalue weighted by atomic mass is 15.5. The van der Waals surface area contributed by atoms with Crippen molar-refractivity contribution >= 4 is 10.9 Å². The number of aromatic nitrogens is 6. The number of rotatable bonds is 4. The molecule has 2 aromatic carbocycles. The van der Waals surface area contributed by atoms with Crippen LogP contribution in [-0.4, -0.2) is 30.6 Å². The fourth-order valence-corrected chi connectivity index (χ4v) is 3.56. The fourth-order valence-electron chi connectivity index (χ4n) is 3.56. The van der Waals surface area contributed by atoms with Crippen LogP contribution < -0.4 is 0 Å². The summed E-state index contributed by atoms with van der Waals surface area (Å²) in [5, 5.41) is 15.4. The Balaban J connectivity index is 1.63. The fraction of sp³-hybridized carbons (Fsp3) is 0.0909. The van der Waals surface area contributed by atoms with Gasteiger partial charge in [-0.3, -0.25) is 0 Å². The first-order valence-electron chi connectivity index (χ1n) is 9.14. The molecule has 0 unspecified atom stereocenters. The predicted molar refractivity (Wildman–Crippen MR) is 109 cm³/mol. The lowest BCUT2D eigenvalue weighted by atomic mass is 10.0. The van der Waals surface area contributed by atoms with Crippen molar-refractivity contribution in [3.05, 3.63) is 83.6 Å². The van der Waals surface area contributed by atoms with Crippen LogP contribution in [0, 0.1) is 6.92 Å². The zero-order valence-corrected chi connectivity index (χ0v) is 15.3. The third kappa shape index (κ3) is 2.95. The summed E-state index contributed by atoms with van der Waals surface area (Å²) < 4.78 is 0. The van der Waals surface area contributed by atoms with Crippen LogP contribution in [0.2, 0.25) is 0 Å². The Hall–Kier alpha value is -3.80. The molecule has 136 valence electrons. The largest absolute Gasteiger partial charge is 0.354 e. The summed E-state index contributed by atoms with van der Waals surface area (Å²) >= 11 is 0. The number of H-pyrrole nitrogens is 2. The lowest BCUT2D eigenvalue weighted by Gasteiger charge is -2.06. The molecule has 0 fully saturated rings. The monoisotopic (exact) mass is 366 g/mol. The molecule has 0 aliphatic heterocycles. The maximum Gasteiger partial charge on any atom is 0.222 e. The number of nitrogens with one attached hydrogen (secondary N) is 2. The Bertz CT molecular complexity index is 1240. The standard InChI is InChI=1S/C22H18N6/c1-14-10-11-17-18(21(24-20(17)12-14)15-6-3-2-4-7-15)13-16-8-5-9-19(23-16)22-25-27-28-26-22/h2-12,24H,13H2,1H3,(H,25,26,27,28). The number of tetrazole rings is 1. The number of hydrogen-bond acceptors (Lipinski definition) is 4. The van der Waals surface area contributed by atoms with Crippen LogP contribution in [-0.2, 0) is 6.42 Å². The minimum absolute atomic E-state index is 0.500. The molecule has 5 aromatic rings. The van der Waals surface area contributed by atoms with Crippen molar-refractivity contribution < 1.29 is 0 Å². The number of fused-ring (bicyclic) bond motifs is 1. The van der Waals surface area contributed by atoms with Crippen LogP contribution >= 0.6 is 0 Å². The van der Waals surface area contributed by atoms with Gasteiger partial charge >= 0.3 is 0 Å². The van der Waals surface area contributed by atoms with E-state index >= 15 is 0 Å². The molecule has 28 heavy (non-hydrogen) atoms. The van der Waals surface area contributed by atoms with Gasteiger partial charge in [0.1, 0.15) is 5.69 Å². The van der Waals surface area contributed by atoms with E-state index in [-0.39, 0.29) is 0 Å². The van der Waals surface area contributed by atoms with Crippen molar-refractivity contribution in [1.82, 2.24) is 30.6 Å². The third-order valence-corrected chi connectivity index (χ3v) is 4.86. The van der Waals surface area contributed by atoms with Crippen LogP contribution in [0.4, 0.5) is 0 Å². The molecule has 0 aliphatic carbocycles. The summed E-state index contributed by atoms with van der Waals surface area (Å²) in [5.41, 5.74) is 7.58. The SMILES string of the molecule is Cc1ccc2c(Cc3cccc(-c4nn[nH]n4)n3)c(-c3ccccc3)[nH]c2c1. The molecule has 0 spiro atoms. The van der Waals surface area contributed by atoms with Crippen molar-refractivity contribution in [1.29, 1.82) is 0 Å². The number of hydrogen-bond donors (Lipinski definition) is 2. The molecular weight excluding hydrogens is 348 g/mol. The average Bonchev–Trinajstić information content (AvgIpc) is 3.37. The van der Waals surface area contributed by atoms with Gasteiger partial charge in [0.2, 0.25) is 5.82 Å². The van der Waals surface area contributed by atoms with Crippen LogP contribution in [0.1, 0.15) is 16.8 Å². The van der Waals surface area contributed by atoms with Crippen molar-refractivity contribution in [2.24, 2.45) is 0 Å². The van der Waals surface area contributed by atoms with E-state index in [0.717, 1.165) is 16.9 Å². The van der Waals surface area contributed by atoms with Gasteiger partial charge in [0.15, 0.2) is 0 Å². The molecule has 2 N–H and O–H groups in total. The van der Waals surface area contributed by atoms with E-state index in [9.17, 15) is 0 Å². The molecule has 3 aromatic heterocycles. The maximum absolute atomic E-state index is 4.75. The Morgan fingerprint density at radius 1 is 0.929 bits per heavy atom. The smallest absolute Gasteiger partial charge is 0.222 e. The van der Waals surface area contributed by atoms with E-state index in [2.05, 4.69) is 75.0 Å². The first-order valence-corrected chi connectivity index (χ1v) is 9.14. The van der Waals surface area contributed by atoms with E-state index < -0.39 is 0 Å². The van der Waals surface area contributed by atoms with Crippen LogP contribution in [0.3, 0.4) is 0 Å². The van der Waals surface area contributed by atoms with Crippen molar-refractivity contribution in [2.75, 3.05) is 0 Å². The van der Waals surface area contributed by atoms with Crippen molar-refractivity contribution in [3.63, 3.8) is 0 Å². The molecule has 6 nitrogen and oxygen atoms in total. The van der Waals surface area contributed by atoms with Gasteiger partial charge in [0.05, 0.1) is 5.69 Å². The summed E-state index contributed by atoms with van der Waals surface area (Å²) in [6.45, 7) is 2.11. The van der Waals surface area contributed by atoms with Gasteiger partial charge in [-0.05, 0) is 47.0 Å². The molecule has 0 aliphatic rings. The lowest BCUT2D eigenvalue weighted by Crippen LogP contribution is -1.96. The zero-order chi connectivity index (χ0) is 18.9. The second-order valence-electron chi connectivity index (χ2n) is 6.82. The molecular formula is C22H18N6. The van der Waals surface area contributed by atoms with Crippen molar-refractivity contribution in [3.8, 4) is 22.8 Å². The minimum atomic E-state index is 0.500. The summed E-state index contributed by atoms with van der Waals surface area (Å²) in [7, 11) is 0. The quantitative estimate of drug-likeness (QED) is 0.496. The van der Waals surface area contributed by atoms with Crippen LogP contribution in [0.5, 0.6) is 0 Å². The van der Waals surface area contributed by atoms with E-state index in [1.165, 1.54) is 22.1 Å². The average molecular weight is 366 g/mol. The second kappa shape index (κ2) is 6.74. The van der Waals surface area contributed by atoms with Crippen molar-refractivity contribution in [2.45, 2.75) is 13.3 Å². The number of benzene rings is 2. The normalized spacial score (nSPS) is 11.2. The van der Waals surface area contributed by atoms with Gasteiger partial charge in [-0.25, -0.2) is 4.98 Å². The molecule has 0 radical (unpaired) electrons. The summed E-state index contributed by atoms with van der Waals surface area (Å²) in [6, 6.07) is 22.8. The topological polar surface area (TPSA) is 83.1 Å². The number of nitrogens with zero attached hydrogens (tertiary/aromatic N) is 4. The Labute approximate surface area is 161 Å². The summed E-state index contributed by atoms with van der Waals surface area (Å²) in [4.78, 5) is 8.37. The van der Waals surface area contributed by atoms with Gasteiger partial charge < -0.3 is 4.98 Å². The molecule has 0 bridgehead atoms. The molecule has 5 rings (SSSR count). The Morgan fingerprint density at radius 3 is 2.64 bits per heavy atom. The molecule has 0 atom stereocenters. The molecule has 0 saturated heterocycles. The number of aryl methyl sites for hydroxylation is 1. The predicted octanol–water partition coefficient (Wildman–Crippen LogP) is 4.31. The van der Waals surface area contributed by atoms with E-state index in [1.807, 2.05) is 24.3 Å². The van der Waals surface area contributed by atoms with Gasteiger partial charge in [0, 0.05) is 23.0 Å². The lowest BCUT2D eigenvalue weighted by molar-refractivity contribution is 0.881. The van der Waals surface area contributed by atoms with E-state index in [1.54, 1.807) is 0 Å². The first-order chi connectivity index (χ1) is 13.8. The molecule has 0 saturated carbocycles. The van der Waals surface area contributed by atoms with Crippen LogP contribution in [0.15, 0.2) is 66.7 Å². The highest BCUT2D eigenvalue weighted by Gasteiger charge is 2.15. The van der Waals surface area contributed by atoms with Gasteiger partial charge in [0.25, 0.3) is 0 Å². The molecule has 0 amide bonds. The molecule has 3 heterocycles. The third-order valence-electron chi connectivity index (χ3n) is 4.86. The summed E-state index contributed by atoms with van der Waals surface area (Å²) in [6.07, 6.45) is 0.707. The first kappa shape index (κ1) is 16.4. The van der Waals surface area contributed by atoms with Gasteiger partial charge in [-0.15, -0.1) is 10.2 Å². The van der Waals surface area contributed by atoms with Crippen LogP contribution in [0.25, 0.3) is 33.7 Å². The summed E-state index contributed by atoms with van der Waals surface area (Å²) in [5.74, 6) is 0.500. The second-order valence-corrected chi connectivity index (χ2v) is 6.82. The van der Waals surface area contributed by atoms with E-state index in [4.69, 9.17) is 4.98 Å². The maximum atomic E-state index is 4.75.